The number of nitrogens with zero attached hydrogens (tertiary/aromatic N) is 12. The number of fused-ring (bicyclic) bond motifs is 12. The molecule has 192 valence electrons. The molecule has 0 saturated carbocycles. The lowest BCUT2D eigenvalue weighted by Gasteiger charge is -2.11. The van der Waals surface area contributed by atoms with Gasteiger partial charge >= 0.3 is 0 Å². The van der Waals surface area contributed by atoms with Crippen molar-refractivity contribution < 1.29 is 0 Å². The maximum absolute atomic E-state index is 5.05. The lowest BCUT2D eigenvalue weighted by atomic mass is 10.1. The minimum Gasteiger partial charge on any atom is -0.253 e. The van der Waals surface area contributed by atoms with Crippen molar-refractivity contribution in [3.8, 4) is 0 Å². The van der Waals surface area contributed by atoms with Crippen LogP contribution in [-0.4, -0.2) is 59.8 Å². The fraction of sp³-hybridized carbons (Fsp3) is 0. The van der Waals surface area contributed by atoms with Gasteiger partial charge in [0.1, 0.15) is 33.1 Å². The van der Waals surface area contributed by atoms with E-state index in [2.05, 4.69) is 29.9 Å². The molecule has 0 aliphatic heterocycles. The van der Waals surface area contributed by atoms with Crippen LogP contribution < -0.4 is 0 Å². The van der Waals surface area contributed by atoms with E-state index in [1.54, 1.807) is 37.2 Å². The van der Waals surface area contributed by atoms with Crippen molar-refractivity contribution in [2.75, 3.05) is 0 Å². The maximum atomic E-state index is 5.05. The summed E-state index contributed by atoms with van der Waals surface area (Å²) in [6, 6.07) is 11.3. The standard InChI is InChI=1S/C30H12N12/c1-2-32-14-8-20-19(7-13(14)31-1)37-25-26(38-20)28-30(42-24-12-18-17(11-23(24)40-28)35-5-6-36-18)29-27(25)39-21-9-15-16(10-22(21)41-29)34-4-3-33-15/h1-12H. The molecule has 12 heteroatoms. The molecule has 0 amide bonds. The lowest BCUT2D eigenvalue weighted by molar-refractivity contribution is 1.28. The highest BCUT2D eigenvalue weighted by Gasteiger charge is 2.20. The van der Waals surface area contributed by atoms with Gasteiger partial charge in [0.25, 0.3) is 0 Å². The van der Waals surface area contributed by atoms with Crippen LogP contribution in [0.15, 0.2) is 73.6 Å². The summed E-state index contributed by atoms with van der Waals surface area (Å²) in [7, 11) is 0. The summed E-state index contributed by atoms with van der Waals surface area (Å²) < 4.78 is 0. The fourth-order valence-electron chi connectivity index (χ4n) is 5.53. The second kappa shape index (κ2) is 7.67. The van der Waals surface area contributed by atoms with Gasteiger partial charge in [0.2, 0.25) is 0 Å². The Morgan fingerprint density at radius 3 is 0.548 bits per heavy atom. The molecule has 4 aromatic carbocycles. The molecule has 10 rings (SSSR count). The van der Waals surface area contributed by atoms with Crippen LogP contribution in [0, 0.1) is 0 Å². The SMILES string of the molecule is c1cnc2cc3nc4c(nc3cc2n1)c1nc2cc3nccnc3cc2nc1c1nc2cc3nccnc3cc2nc41. The van der Waals surface area contributed by atoms with Crippen molar-refractivity contribution in [1.82, 2.24) is 59.8 Å². The molecular weight excluding hydrogens is 528 g/mol. The summed E-state index contributed by atoms with van der Waals surface area (Å²) in [5, 5.41) is 0. The highest BCUT2D eigenvalue weighted by molar-refractivity contribution is 6.21. The Labute approximate surface area is 232 Å². The van der Waals surface area contributed by atoms with Crippen LogP contribution in [-0.2, 0) is 0 Å². The van der Waals surface area contributed by atoms with E-state index in [0.717, 1.165) is 33.1 Å². The first kappa shape index (κ1) is 21.5. The van der Waals surface area contributed by atoms with Gasteiger partial charge in [0, 0.05) is 37.2 Å². The summed E-state index contributed by atoms with van der Waals surface area (Å²) in [5.41, 5.74) is 11.7. The quantitative estimate of drug-likeness (QED) is 0.191. The van der Waals surface area contributed by atoms with Crippen LogP contribution in [0.1, 0.15) is 0 Å². The van der Waals surface area contributed by atoms with E-state index in [4.69, 9.17) is 29.9 Å². The number of hydrogen-bond donors (Lipinski definition) is 0. The third kappa shape index (κ3) is 2.94. The van der Waals surface area contributed by atoms with E-state index >= 15 is 0 Å². The fourth-order valence-corrected chi connectivity index (χ4v) is 5.53. The Morgan fingerprint density at radius 1 is 0.214 bits per heavy atom. The maximum Gasteiger partial charge on any atom is 0.120 e. The summed E-state index contributed by atoms with van der Waals surface area (Å²) in [6.07, 6.45) is 9.95. The minimum absolute atomic E-state index is 0.566. The van der Waals surface area contributed by atoms with Gasteiger partial charge in [-0.3, -0.25) is 29.9 Å². The third-order valence-electron chi connectivity index (χ3n) is 7.44. The molecular formula is C30H12N12. The van der Waals surface area contributed by atoms with Gasteiger partial charge in [-0.05, 0) is 36.4 Å². The lowest BCUT2D eigenvalue weighted by Crippen LogP contribution is -2.00. The Kier molecular flexibility index (Phi) is 3.93. The van der Waals surface area contributed by atoms with Crippen molar-refractivity contribution in [3.05, 3.63) is 73.6 Å². The monoisotopic (exact) mass is 540 g/mol. The summed E-state index contributed by atoms with van der Waals surface area (Å²) in [4.78, 5) is 57.0. The summed E-state index contributed by atoms with van der Waals surface area (Å²) in [5.74, 6) is 0. The molecule has 0 N–H and O–H groups in total. The first-order valence-corrected chi connectivity index (χ1v) is 13.0. The molecule has 42 heavy (non-hydrogen) atoms. The Morgan fingerprint density at radius 2 is 0.381 bits per heavy atom. The topological polar surface area (TPSA) is 155 Å². The van der Waals surface area contributed by atoms with E-state index in [-0.39, 0.29) is 0 Å². The molecule has 0 atom stereocenters. The Bertz CT molecular complexity index is 2290. The second-order valence-corrected chi connectivity index (χ2v) is 9.92. The highest BCUT2D eigenvalue weighted by atomic mass is 14.9. The molecule has 6 heterocycles. The van der Waals surface area contributed by atoms with Crippen molar-refractivity contribution in [3.63, 3.8) is 0 Å². The van der Waals surface area contributed by atoms with Gasteiger partial charge in [-0.15, -0.1) is 0 Å². The Hall–Kier alpha value is -6.30. The average Bonchev–Trinajstić information content (AvgIpc) is 3.03. The molecule has 0 unspecified atom stereocenters. The molecule has 0 fully saturated rings. The molecule has 0 radical (unpaired) electrons. The van der Waals surface area contributed by atoms with E-state index < -0.39 is 0 Å². The van der Waals surface area contributed by atoms with Crippen molar-refractivity contribution in [1.29, 1.82) is 0 Å². The average molecular weight is 541 g/mol. The van der Waals surface area contributed by atoms with E-state index in [0.29, 0.717) is 66.2 Å². The van der Waals surface area contributed by atoms with E-state index in [1.807, 2.05) is 36.4 Å². The third-order valence-corrected chi connectivity index (χ3v) is 7.44. The van der Waals surface area contributed by atoms with Crippen molar-refractivity contribution in [2.24, 2.45) is 0 Å². The van der Waals surface area contributed by atoms with Gasteiger partial charge in [0.15, 0.2) is 0 Å². The van der Waals surface area contributed by atoms with Crippen LogP contribution in [0.4, 0.5) is 0 Å². The minimum atomic E-state index is 0.566. The summed E-state index contributed by atoms with van der Waals surface area (Å²) >= 11 is 0. The summed E-state index contributed by atoms with van der Waals surface area (Å²) in [6.45, 7) is 0. The second-order valence-electron chi connectivity index (χ2n) is 9.92. The predicted molar refractivity (Wildman–Crippen MR) is 158 cm³/mol. The zero-order valence-corrected chi connectivity index (χ0v) is 21.3. The van der Waals surface area contributed by atoms with Crippen LogP contribution in [0.25, 0.3) is 99.3 Å². The van der Waals surface area contributed by atoms with Crippen LogP contribution in [0.3, 0.4) is 0 Å². The van der Waals surface area contributed by atoms with Crippen molar-refractivity contribution >= 4 is 99.3 Å². The first-order valence-electron chi connectivity index (χ1n) is 13.0. The van der Waals surface area contributed by atoms with Gasteiger partial charge in [0.05, 0.1) is 66.2 Å². The molecule has 0 aliphatic carbocycles. The largest absolute Gasteiger partial charge is 0.253 e. The molecule has 0 aliphatic rings. The molecule has 0 spiro atoms. The zero-order chi connectivity index (χ0) is 27.4. The number of benzene rings is 4. The van der Waals surface area contributed by atoms with Gasteiger partial charge in [-0.2, -0.15) is 0 Å². The van der Waals surface area contributed by atoms with Gasteiger partial charge in [-0.25, -0.2) is 29.9 Å². The number of aromatic nitrogens is 12. The zero-order valence-electron chi connectivity index (χ0n) is 21.3. The van der Waals surface area contributed by atoms with Gasteiger partial charge < -0.3 is 0 Å². The van der Waals surface area contributed by atoms with Crippen molar-refractivity contribution in [2.45, 2.75) is 0 Å². The van der Waals surface area contributed by atoms with E-state index in [1.165, 1.54) is 0 Å². The van der Waals surface area contributed by atoms with Crippen LogP contribution in [0.5, 0.6) is 0 Å². The molecule has 12 nitrogen and oxygen atoms in total. The smallest absolute Gasteiger partial charge is 0.120 e. The number of hydrogen-bond acceptors (Lipinski definition) is 12. The van der Waals surface area contributed by atoms with Crippen LogP contribution >= 0.6 is 0 Å². The molecule has 0 bridgehead atoms. The van der Waals surface area contributed by atoms with Crippen LogP contribution in [0.2, 0.25) is 0 Å². The number of rotatable bonds is 0. The molecule has 6 aromatic heterocycles. The molecule has 10 aromatic rings. The van der Waals surface area contributed by atoms with Gasteiger partial charge in [-0.1, -0.05) is 0 Å². The Balaban J connectivity index is 1.43. The molecule has 0 saturated heterocycles. The predicted octanol–water partition coefficient (Wildman–Crippen LogP) is 4.81. The van der Waals surface area contributed by atoms with E-state index in [9.17, 15) is 0 Å². The highest BCUT2D eigenvalue weighted by Crippen LogP contribution is 2.34. The first-order chi connectivity index (χ1) is 20.7. The normalized spacial score (nSPS) is 12.3.